The SMILES string of the molecule is Cc1[nH]c(=O)c(C#N)c(C)c1CCC(=O)OCc1cccc(Cl)c1. The van der Waals surface area contributed by atoms with E-state index in [9.17, 15) is 9.59 Å². The Labute approximate surface area is 144 Å². The molecule has 6 heteroatoms. The van der Waals surface area contributed by atoms with Gasteiger partial charge in [0.2, 0.25) is 0 Å². The predicted octanol–water partition coefficient (Wildman–Crippen LogP) is 3.19. The van der Waals surface area contributed by atoms with Crippen molar-refractivity contribution in [1.29, 1.82) is 5.26 Å². The van der Waals surface area contributed by atoms with Crippen LogP contribution >= 0.6 is 11.6 Å². The molecule has 0 saturated carbocycles. The summed E-state index contributed by atoms with van der Waals surface area (Å²) in [5.74, 6) is -0.349. The van der Waals surface area contributed by atoms with Crippen molar-refractivity contribution in [2.45, 2.75) is 33.3 Å². The topological polar surface area (TPSA) is 83.0 Å². The fraction of sp³-hybridized carbons (Fsp3) is 0.278. The van der Waals surface area contributed by atoms with E-state index in [-0.39, 0.29) is 24.6 Å². The second-order valence-corrected chi connectivity index (χ2v) is 5.90. The number of nitriles is 1. The number of nitrogens with zero attached hydrogens (tertiary/aromatic N) is 1. The maximum absolute atomic E-state index is 11.9. The highest BCUT2D eigenvalue weighted by Gasteiger charge is 2.14. The Kier molecular flexibility index (Phi) is 5.78. The zero-order valence-electron chi connectivity index (χ0n) is 13.5. The number of carbonyl (C=O) groups excluding carboxylic acids is 1. The lowest BCUT2D eigenvalue weighted by molar-refractivity contribution is -0.144. The monoisotopic (exact) mass is 344 g/mol. The molecule has 1 aromatic heterocycles. The lowest BCUT2D eigenvalue weighted by atomic mass is 9.99. The first-order valence-electron chi connectivity index (χ1n) is 7.45. The predicted molar refractivity (Wildman–Crippen MR) is 90.8 cm³/mol. The van der Waals surface area contributed by atoms with Gasteiger partial charge in [0.05, 0.1) is 0 Å². The maximum atomic E-state index is 11.9. The van der Waals surface area contributed by atoms with Crippen LogP contribution in [-0.2, 0) is 22.6 Å². The largest absolute Gasteiger partial charge is 0.461 e. The Bertz CT molecular complexity index is 866. The summed E-state index contributed by atoms with van der Waals surface area (Å²) in [6.45, 7) is 3.63. The van der Waals surface area contributed by atoms with E-state index in [4.69, 9.17) is 21.6 Å². The van der Waals surface area contributed by atoms with Crippen LogP contribution in [0.25, 0.3) is 0 Å². The number of aromatic amines is 1. The number of aromatic nitrogens is 1. The average molecular weight is 345 g/mol. The van der Waals surface area contributed by atoms with Crippen molar-refractivity contribution in [2.24, 2.45) is 0 Å². The third-order valence-corrected chi connectivity index (χ3v) is 4.02. The van der Waals surface area contributed by atoms with Crippen LogP contribution < -0.4 is 5.56 Å². The Morgan fingerprint density at radius 3 is 2.79 bits per heavy atom. The van der Waals surface area contributed by atoms with Crippen LogP contribution in [-0.4, -0.2) is 11.0 Å². The van der Waals surface area contributed by atoms with Crippen LogP contribution in [0.15, 0.2) is 29.1 Å². The van der Waals surface area contributed by atoms with Crippen molar-refractivity contribution in [3.05, 3.63) is 67.6 Å². The van der Waals surface area contributed by atoms with Crippen molar-refractivity contribution in [2.75, 3.05) is 0 Å². The molecule has 0 radical (unpaired) electrons. The summed E-state index contributed by atoms with van der Waals surface area (Å²) in [5.41, 5.74) is 2.58. The normalized spacial score (nSPS) is 10.2. The molecule has 0 saturated heterocycles. The minimum atomic E-state index is -0.403. The molecule has 0 fully saturated rings. The first-order valence-corrected chi connectivity index (χ1v) is 7.82. The molecule has 124 valence electrons. The van der Waals surface area contributed by atoms with E-state index in [0.717, 1.165) is 11.1 Å². The van der Waals surface area contributed by atoms with Gasteiger partial charge in [0.25, 0.3) is 5.56 Å². The highest BCUT2D eigenvalue weighted by molar-refractivity contribution is 6.30. The van der Waals surface area contributed by atoms with E-state index < -0.39 is 5.56 Å². The number of hydrogen-bond donors (Lipinski definition) is 1. The average Bonchev–Trinajstić information content (AvgIpc) is 2.53. The van der Waals surface area contributed by atoms with Gasteiger partial charge in [0.1, 0.15) is 18.2 Å². The fourth-order valence-corrected chi connectivity index (χ4v) is 2.72. The minimum absolute atomic E-state index is 0.0860. The van der Waals surface area contributed by atoms with Crippen LogP contribution in [0.5, 0.6) is 0 Å². The molecule has 1 N–H and O–H groups in total. The van der Waals surface area contributed by atoms with Crippen molar-refractivity contribution < 1.29 is 9.53 Å². The number of esters is 1. The summed E-state index contributed by atoms with van der Waals surface area (Å²) >= 11 is 5.88. The second kappa shape index (κ2) is 7.80. The summed E-state index contributed by atoms with van der Waals surface area (Å²) in [6, 6.07) is 9.01. The van der Waals surface area contributed by atoms with Gasteiger partial charge in [-0.05, 0) is 49.1 Å². The molecule has 5 nitrogen and oxygen atoms in total. The van der Waals surface area contributed by atoms with Gasteiger partial charge in [-0.3, -0.25) is 9.59 Å². The van der Waals surface area contributed by atoms with E-state index >= 15 is 0 Å². The molecule has 0 unspecified atom stereocenters. The van der Waals surface area contributed by atoms with E-state index in [1.54, 1.807) is 32.0 Å². The van der Waals surface area contributed by atoms with E-state index in [2.05, 4.69) is 4.98 Å². The summed E-state index contributed by atoms with van der Waals surface area (Å²) in [6.07, 6.45) is 0.566. The summed E-state index contributed by atoms with van der Waals surface area (Å²) in [7, 11) is 0. The van der Waals surface area contributed by atoms with Crippen molar-refractivity contribution >= 4 is 17.6 Å². The molecule has 2 rings (SSSR count). The van der Waals surface area contributed by atoms with Crippen LogP contribution in [0.3, 0.4) is 0 Å². The Morgan fingerprint density at radius 1 is 1.38 bits per heavy atom. The number of halogens is 1. The molecule has 0 aliphatic rings. The van der Waals surface area contributed by atoms with E-state index in [1.807, 2.05) is 12.1 Å². The molecule has 2 aromatic rings. The van der Waals surface area contributed by atoms with E-state index in [1.165, 1.54) is 0 Å². The van der Waals surface area contributed by atoms with Gasteiger partial charge in [0.15, 0.2) is 0 Å². The van der Waals surface area contributed by atoms with Crippen LogP contribution in [0.4, 0.5) is 0 Å². The minimum Gasteiger partial charge on any atom is -0.461 e. The zero-order chi connectivity index (χ0) is 17.7. The first kappa shape index (κ1) is 17.8. The molecule has 0 aliphatic carbocycles. The Hall–Kier alpha value is -2.58. The highest BCUT2D eigenvalue weighted by atomic mass is 35.5. The van der Waals surface area contributed by atoms with Gasteiger partial charge in [-0.15, -0.1) is 0 Å². The van der Waals surface area contributed by atoms with Gasteiger partial charge < -0.3 is 9.72 Å². The van der Waals surface area contributed by atoms with E-state index in [0.29, 0.717) is 22.7 Å². The molecule has 0 bridgehead atoms. The second-order valence-electron chi connectivity index (χ2n) is 5.46. The smallest absolute Gasteiger partial charge is 0.306 e. The number of pyridine rings is 1. The van der Waals surface area contributed by atoms with Crippen molar-refractivity contribution in [3.63, 3.8) is 0 Å². The van der Waals surface area contributed by atoms with Gasteiger partial charge in [0, 0.05) is 17.1 Å². The summed E-state index contributed by atoms with van der Waals surface area (Å²) in [5, 5.41) is 9.64. The number of nitrogens with one attached hydrogen (secondary N) is 1. The Balaban J connectivity index is 2.00. The third kappa shape index (κ3) is 4.24. The Morgan fingerprint density at radius 2 is 2.12 bits per heavy atom. The van der Waals surface area contributed by atoms with Gasteiger partial charge in [-0.2, -0.15) is 5.26 Å². The first-order chi connectivity index (χ1) is 11.4. The number of benzene rings is 1. The van der Waals surface area contributed by atoms with Crippen molar-refractivity contribution in [1.82, 2.24) is 4.98 Å². The number of aryl methyl sites for hydroxylation is 1. The highest BCUT2D eigenvalue weighted by Crippen LogP contribution is 2.16. The van der Waals surface area contributed by atoms with Crippen LogP contribution in [0.1, 0.15) is 34.4 Å². The number of carbonyl (C=O) groups is 1. The number of hydrogen-bond acceptors (Lipinski definition) is 4. The zero-order valence-corrected chi connectivity index (χ0v) is 14.2. The fourth-order valence-electron chi connectivity index (χ4n) is 2.51. The standard InChI is InChI=1S/C18H17ClN2O3/c1-11-15(12(2)21-18(23)16(11)9-20)6-7-17(22)24-10-13-4-3-5-14(19)8-13/h3-5,8H,6-7,10H2,1-2H3,(H,21,23). The molecule has 24 heavy (non-hydrogen) atoms. The third-order valence-electron chi connectivity index (χ3n) is 3.79. The maximum Gasteiger partial charge on any atom is 0.306 e. The summed E-state index contributed by atoms with van der Waals surface area (Å²) < 4.78 is 5.23. The lowest BCUT2D eigenvalue weighted by Crippen LogP contribution is -2.17. The molecule has 0 atom stereocenters. The quantitative estimate of drug-likeness (QED) is 0.844. The molecule has 0 aliphatic heterocycles. The summed E-state index contributed by atoms with van der Waals surface area (Å²) in [4.78, 5) is 26.3. The van der Waals surface area contributed by atoms with Crippen molar-refractivity contribution in [3.8, 4) is 6.07 Å². The number of ether oxygens (including phenoxy) is 1. The van der Waals surface area contributed by atoms with Gasteiger partial charge >= 0.3 is 5.97 Å². The molecule has 1 aromatic carbocycles. The van der Waals surface area contributed by atoms with Gasteiger partial charge in [-0.25, -0.2) is 0 Å². The molecule has 1 heterocycles. The molecule has 0 spiro atoms. The van der Waals surface area contributed by atoms with Gasteiger partial charge in [-0.1, -0.05) is 23.7 Å². The van der Waals surface area contributed by atoms with Crippen LogP contribution in [0.2, 0.25) is 5.02 Å². The number of H-pyrrole nitrogens is 1. The number of rotatable bonds is 5. The molecule has 0 amide bonds. The molecular formula is C18H17ClN2O3. The molecular weight excluding hydrogens is 328 g/mol. The lowest BCUT2D eigenvalue weighted by Gasteiger charge is -2.11. The van der Waals surface area contributed by atoms with Crippen LogP contribution in [0, 0.1) is 25.2 Å².